The molecule has 3 heteroatoms. The van der Waals surface area contributed by atoms with Crippen LogP contribution in [0.1, 0.15) is 29.6 Å². The number of hydrogen-bond donors (Lipinski definition) is 1. The second-order valence-electron chi connectivity index (χ2n) is 4.72. The van der Waals surface area contributed by atoms with Gasteiger partial charge >= 0.3 is 0 Å². The van der Waals surface area contributed by atoms with Gasteiger partial charge in [-0.15, -0.1) is 0 Å². The van der Waals surface area contributed by atoms with Crippen molar-refractivity contribution < 1.29 is 9.90 Å². The van der Waals surface area contributed by atoms with Gasteiger partial charge in [-0.25, -0.2) is 0 Å². The van der Waals surface area contributed by atoms with Crippen LogP contribution in [0, 0.1) is 5.92 Å². The number of hydrogen-bond acceptors (Lipinski definition) is 2. The highest BCUT2D eigenvalue weighted by atomic mass is 16.2. The number of carbonyl (C=O) groups excluding carboxylic acids is 1. The van der Waals surface area contributed by atoms with Crippen molar-refractivity contribution >= 4 is 5.91 Å². The van der Waals surface area contributed by atoms with Gasteiger partial charge in [-0.2, -0.15) is 0 Å². The van der Waals surface area contributed by atoms with Crippen molar-refractivity contribution in [2.45, 2.75) is 19.3 Å². The van der Waals surface area contributed by atoms with Gasteiger partial charge in [0, 0.05) is 18.7 Å². The summed E-state index contributed by atoms with van der Waals surface area (Å²) in [6.07, 6.45) is 5.84. The number of likely N-dealkylation sites (tertiary alicyclic amines) is 1. The summed E-state index contributed by atoms with van der Waals surface area (Å²) >= 11 is 0. The molecule has 96 valence electrons. The van der Waals surface area contributed by atoms with E-state index in [-0.39, 0.29) is 5.91 Å². The molecule has 0 unspecified atom stereocenters. The summed E-state index contributed by atoms with van der Waals surface area (Å²) in [6, 6.07) is 9.44. The summed E-state index contributed by atoms with van der Waals surface area (Å²) < 4.78 is 0. The van der Waals surface area contributed by atoms with Gasteiger partial charge < -0.3 is 10.0 Å². The summed E-state index contributed by atoms with van der Waals surface area (Å²) in [4.78, 5) is 14.1. The Morgan fingerprint density at radius 2 is 1.94 bits per heavy atom. The summed E-state index contributed by atoms with van der Waals surface area (Å²) in [6.45, 7) is 1.63. The van der Waals surface area contributed by atoms with E-state index in [1.807, 2.05) is 35.2 Å². The largest absolute Gasteiger partial charge is 0.516 e. The van der Waals surface area contributed by atoms with E-state index in [1.54, 1.807) is 6.08 Å². The van der Waals surface area contributed by atoms with Crippen molar-refractivity contribution in [1.82, 2.24) is 4.90 Å². The molecular formula is C15H19NO2. The quantitative estimate of drug-likeness (QED) is 0.832. The Bertz CT molecular complexity index is 406. The van der Waals surface area contributed by atoms with E-state index in [1.165, 1.54) is 0 Å². The molecule has 1 saturated heterocycles. The molecule has 1 aliphatic rings. The number of aliphatic hydroxyl groups excluding tert-OH is 1. The average Bonchev–Trinajstić information content (AvgIpc) is 2.46. The average molecular weight is 245 g/mol. The predicted octanol–water partition coefficient (Wildman–Crippen LogP) is 3.00. The fourth-order valence-electron chi connectivity index (χ4n) is 2.39. The van der Waals surface area contributed by atoms with Gasteiger partial charge in [-0.3, -0.25) is 4.79 Å². The lowest BCUT2D eigenvalue weighted by molar-refractivity contribution is 0.0691. The Hall–Kier alpha value is -1.77. The zero-order valence-corrected chi connectivity index (χ0v) is 10.5. The number of allylic oxidation sites excluding steroid dienone is 1. The van der Waals surface area contributed by atoms with Crippen LogP contribution in [0.2, 0.25) is 0 Å². The highest BCUT2D eigenvalue weighted by Gasteiger charge is 2.22. The molecule has 1 fully saturated rings. The Kier molecular flexibility index (Phi) is 4.40. The van der Waals surface area contributed by atoms with Crippen molar-refractivity contribution in [2.24, 2.45) is 5.92 Å². The maximum Gasteiger partial charge on any atom is 0.253 e. The molecule has 1 aromatic carbocycles. The van der Waals surface area contributed by atoms with E-state index in [0.29, 0.717) is 5.92 Å². The minimum Gasteiger partial charge on any atom is -0.516 e. The van der Waals surface area contributed by atoms with Gasteiger partial charge in [-0.1, -0.05) is 18.2 Å². The highest BCUT2D eigenvalue weighted by molar-refractivity contribution is 5.94. The highest BCUT2D eigenvalue weighted by Crippen LogP contribution is 2.22. The maximum atomic E-state index is 12.2. The van der Waals surface area contributed by atoms with Crippen molar-refractivity contribution in [3.63, 3.8) is 0 Å². The summed E-state index contributed by atoms with van der Waals surface area (Å²) in [7, 11) is 0. The lowest BCUT2D eigenvalue weighted by Crippen LogP contribution is -2.38. The van der Waals surface area contributed by atoms with Crippen LogP contribution in [0.3, 0.4) is 0 Å². The van der Waals surface area contributed by atoms with Crippen LogP contribution in [-0.4, -0.2) is 29.0 Å². The monoisotopic (exact) mass is 245 g/mol. The predicted molar refractivity (Wildman–Crippen MR) is 71.5 cm³/mol. The molecule has 1 heterocycles. The third-order valence-corrected chi connectivity index (χ3v) is 3.50. The van der Waals surface area contributed by atoms with Crippen LogP contribution in [0.25, 0.3) is 0 Å². The molecule has 1 aliphatic heterocycles. The lowest BCUT2D eigenvalue weighted by Gasteiger charge is -2.31. The smallest absolute Gasteiger partial charge is 0.253 e. The van der Waals surface area contributed by atoms with Crippen LogP contribution in [-0.2, 0) is 0 Å². The molecule has 0 radical (unpaired) electrons. The van der Waals surface area contributed by atoms with Gasteiger partial charge in [0.1, 0.15) is 0 Å². The van der Waals surface area contributed by atoms with Crippen molar-refractivity contribution in [3.05, 3.63) is 48.2 Å². The van der Waals surface area contributed by atoms with Crippen LogP contribution in [0.5, 0.6) is 0 Å². The maximum absolute atomic E-state index is 12.2. The Morgan fingerprint density at radius 3 is 2.56 bits per heavy atom. The van der Waals surface area contributed by atoms with Crippen molar-refractivity contribution in [2.75, 3.05) is 13.1 Å². The van der Waals surface area contributed by atoms with Gasteiger partial charge in [0.15, 0.2) is 0 Å². The van der Waals surface area contributed by atoms with E-state index in [0.717, 1.165) is 44.2 Å². The first kappa shape index (κ1) is 12.7. The summed E-state index contributed by atoms with van der Waals surface area (Å²) in [5.41, 5.74) is 0.770. The fourth-order valence-corrected chi connectivity index (χ4v) is 2.39. The normalized spacial score (nSPS) is 17.2. The number of amides is 1. The van der Waals surface area contributed by atoms with Gasteiger partial charge in [-0.05, 0) is 43.4 Å². The molecule has 0 aliphatic carbocycles. The third-order valence-electron chi connectivity index (χ3n) is 3.50. The molecule has 2 rings (SSSR count). The molecule has 0 bridgehead atoms. The molecule has 0 saturated carbocycles. The first-order chi connectivity index (χ1) is 8.81. The van der Waals surface area contributed by atoms with Gasteiger partial charge in [0.05, 0.1) is 6.26 Å². The topological polar surface area (TPSA) is 40.5 Å². The lowest BCUT2D eigenvalue weighted by atomic mass is 9.93. The van der Waals surface area contributed by atoms with Crippen molar-refractivity contribution in [1.29, 1.82) is 0 Å². The molecule has 1 amide bonds. The van der Waals surface area contributed by atoms with Crippen LogP contribution < -0.4 is 0 Å². The standard InChI is InChI=1S/C15H19NO2/c17-12-4-5-13-8-10-16(11-9-13)15(18)14-6-2-1-3-7-14/h1-4,6-7,12-13,17H,5,8-11H2. The van der Waals surface area contributed by atoms with Gasteiger partial charge in [0.25, 0.3) is 5.91 Å². The minimum atomic E-state index is 0.131. The SMILES string of the molecule is O=C(c1ccccc1)N1CCC(CC=CO)CC1. The fraction of sp³-hybridized carbons (Fsp3) is 0.400. The molecular weight excluding hydrogens is 226 g/mol. The number of piperidine rings is 1. The van der Waals surface area contributed by atoms with E-state index in [9.17, 15) is 4.79 Å². The number of benzene rings is 1. The Balaban J connectivity index is 1.88. The Labute approximate surface area is 108 Å². The second kappa shape index (κ2) is 6.24. The molecule has 0 atom stereocenters. The van der Waals surface area contributed by atoms with E-state index < -0.39 is 0 Å². The second-order valence-corrected chi connectivity index (χ2v) is 4.72. The third kappa shape index (κ3) is 3.13. The number of carbonyl (C=O) groups is 1. The van der Waals surface area contributed by atoms with E-state index in [4.69, 9.17) is 5.11 Å². The minimum absolute atomic E-state index is 0.131. The number of rotatable bonds is 3. The van der Waals surface area contributed by atoms with Crippen LogP contribution in [0.15, 0.2) is 42.7 Å². The molecule has 18 heavy (non-hydrogen) atoms. The zero-order valence-electron chi connectivity index (χ0n) is 10.5. The molecule has 1 aromatic rings. The Morgan fingerprint density at radius 1 is 1.28 bits per heavy atom. The van der Waals surface area contributed by atoms with E-state index in [2.05, 4.69) is 0 Å². The number of nitrogens with zero attached hydrogens (tertiary/aromatic N) is 1. The van der Waals surface area contributed by atoms with E-state index >= 15 is 0 Å². The van der Waals surface area contributed by atoms with Crippen LogP contribution >= 0.6 is 0 Å². The van der Waals surface area contributed by atoms with Crippen molar-refractivity contribution in [3.8, 4) is 0 Å². The summed E-state index contributed by atoms with van der Waals surface area (Å²) in [5.74, 6) is 0.722. The first-order valence-corrected chi connectivity index (χ1v) is 6.45. The summed E-state index contributed by atoms with van der Waals surface area (Å²) in [5, 5.41) is 8.64. The molecule has 1 N–H and O–H groups in total. The number of aliphatic hydroxyl groups is 1. The first-order valence-electron chi connectivity index (χ1n) is 6.45. The molecule has 0 aromatic heterocycles. The molecule has 3 nitrogen and oxygen atoms in total. The van der Waals surface area contributed by atoms with Gasteiger partial charge in [0.2, 0.25) is 0 Å². The van der Waals surface area contributed by atoms with Crippen LogP contribution in [0.4, 0.5) is 0 Å². The zero-order chi connectivity index (χ0) is 12.8. The molecule has 0 spiro atoms.